The number of thiocarbonyl (C=S) groups is 1. The number of halogens is 1. The molecule has 0 bridgehead atoms. The number of nitrogens with two attached hydrogens (primary N) is 1. The molecule has 92 valence electrons. The third kappa shape index (κ3) is 2.73. The number of hydrogen-bond acceptors (Lipinski definition) is 3. The molecule has 3 N–H and O–H groups in total. The molecule has 0 saturated carbocycles. The van der Waals surface area contributed by atoms with Crippen LogP contribution in [0.3, 0.4) is 0 Å². The van der Waals surface area contributed by atoms with Crippen LogP contribution in [0, 0.1) is 5.82 Å². The van der Waals surface area contributed by atoms with Gasteiger partial charge < -0.3 is 15.7 Å². The normalized spacial score (nSPS) is 17.2. The van der Waals surface area contributed by atoms with Gasteiger partial charge in [-0.05, 0) is 31.0 Å². The topological polar surface area (TPSA) is 49.5 Å². The van der Waals surface area contributed by atoms with Crippen LogP contribution in [0.5, 0.6) is 0 Å². The number of aliphatic hydroxyl groups excluding tert-OH is 1. The highest BCUT2D eigenvalue weighted by Gasteiger charge is 2.19. The second kappa shape index (κ2) is 4.98. The Bertz CT molecular complexity index is 431. The van der Waals surface area contributed by atoms with Crippen molar-refractivity contribution in [3.8, 4) is 0 Å². The molecule has 5 heteroatoms. The standard InChI is InChI=1S/C12H15FN2OS/c13-10-7-8(12(14)17)1-2-11(10)15-5-3-9(16)4-6-15/h1-2,7,9,16H,3-6H2,(H2,14,17). The number of rotatable bonds is 2. The van der Waals surface area contributed by atoms with E-state index < -0.39 is 0 Å². The smallest absolute Gasteiger partial charge is 0.147 e. The number of benzene rings is 1. The molecular formula is C12H15FN2OS. The molecule has 0 spiro atoms. The second-order valence-electron chi connectivity index (χ2n) is 4.25. The van der Waals surface area contributed by atoms with Crippen molar-refractivity contribution >= 4 is 22.9 Å². The third-order valence-corrected chi connectivity index (χ3v) is 3.27. The Hall–Kier alpha value is -1.20. The summed E-state index contributed by atoms with van der Waals surface area (Å²) >= 11 is 4.80. The van der Waals surface area contributed by atoms with Crippen LogP contribution in [0.4, 0.5) is 10.1 Å². The van der Waals surface area contributed by atoms with Gasteiger partial charge >= 0.3 is 0 Å². The van der Waals surface area contributed by atoms with E-state index in [1.54, 1.807) is 12.1 Å². The van der Waals surface area contributed by atoms with E-state index in [-0.39, 0.29) is 16.9 Å². The van der Waals surface area contributed by atoms with Crippen molar-refractivity contribution in [2.75, 3.05) is 18.0 Å². The Morgan fingerprint density at radius 2 is 2.06 bits per heavy atom. The lowest BCUT2D eigenvalue weighted by molar-refractivity contribution is 0.145. The van der Waals surface area contributed by atoms with Gasteiger partial charge in [0.2, 0.25) is 0 Å². The first-order chi connectivity index (χ1) is 8.08. The predicted molar refractivity (Wildman–Crippen MR) is 69.7 cm³/mol. The average Bonchev–Trinajstić information content (AvgIpc) is 2.30. The average molecular weight is 254 g/mol. The lowest BCUT2D eigenvalue weighted by Gasteiger charge is -2.31. The van der Waals surface area contributed by atoms with Crippen molar-refractivity contribution in [2.45, 2.75) is 18.9 Å². The number of piperidine rings is 1. The van der Waals surface area contributed by atoms with Crippen molar-refractivity contribution in [2.24, 2.45) is 5.73 Å². The summed E-state index contributed by atoms with van der Waals surface area (Å²) in [5, 5.41) is 9.41. The van der Waals surface area contributed by atoms with Crippen LogP contribution < -0.4 is 10.6 Å². The molecule has 1 aliphatic heterocycles. The van der Waals surface area contributed by atoms with Crippen molar-refractivity contribution in [3.63, 3.8) is 0 Å². The van der Waals surface area contributed by atoms with E-state index in [0.29, 0.717) is 37.2 Å². The summed E-state index contributed by atoms with van der Waals surface area (Å²) in [6.45, 7) is 1.34. The summed E-state index contributed by atoms with van der Waals surface area (Å²) in [7, 11) is 0. The first-order valence-corrected chi connectivity index (χ1v) is 6.01. The minimum atomic E-state index is -0.313. The molecule has 0 unspecified atom stereocenters. The maximum absolute atomic E-state index is 13.9. The highest BCUT2D eigenvalue weighted by molar-refractivity contribution is 7.80. The predicted octanol–water partition coefficient (Wildman–Crippen LogP) is 1.42. The third-order valence-electron chi connectivity index (χ3n) is 3.04. The molecule has 2 rings (SSSR count). The highest BCUT2D eigenvalue weighted by Crippen LogP contribution is 2.24. The molecule has 0 atom stereocenters. The van der Waals surface area contributed by atoms with E-state index in [2.05, 4.69) is 0 Å². The Labute approximate surface area is 105 Å². The number of aliphatic hydroxyl groups is 1. The zero-order chi connectivity index (χ0) is 12.4. The summed E-state index contributed by atoms with van der Waals surface area (Å²) in [6.07, 6.45) is 1.10. The molecule has 1 aromatic carbocycles. The molecule has 17 heavy (non-hydrogen) atoms. The van der Waals surface area contributed by atoms with E-state index in [9.17, 15) is 9.50 Å². The van der Waals surface area contributed by atoms with Gasteiger partial charge in [-0.25, -0.2) is 4.39 Å². The van der Waals surface area contributed by atoms with Crippen LogP contribution in [0.25, 0.3) is 0 Å². The van der Waals surface area contributed by atoms with Crippen molar-refractivity contribution in [3.05, 3.63) is 29.6 Å². The van der Waals surface area contributed by atoms with Gasteiger partial charge in [0.1, 0.15) is 10.8 Å². The maximum atomic E-state index is 13.9. The SMILES string of the molecule is NC(=S)c1ccc(N2CCC(O)CC2)c(F)c1. The number of nitrogens with zero attached hydrogens (tertiary/aromatic N) is 1. The molecule has 0 amide bonds. The fourth-order valence-electron chi connectivity index (χ4n) is 2.02. The zero-order valence-electron chi connectivity index (χ0n) is 9.40. The zero-order valence-corrected chi connectivity index (χ0v) is 10.2. The van der Waals surface area contributed by atoms with Crippen molar-refractivity contribution < 1.29 is 9.50 Å². The Kier molecular flexibility index (Phi) is 3.59. The fraction of sp³-hybridized carbons (Fsp3) is 0.417. The Morgan fingerprint density at radius 1 is 1.41 bits per heavy atom. The van der Waals surface area contributed by atoms with E-state index >= 15 is 0 Å². The van der Waals surface area contributed by atoms with E-state index in [4.69, 9.17) is 18.0 Å². The van der Waals surface area contributed by atoms with Gasteiger partial charge in [-0.1, -0.05) is 12.2 Å². The molecule has 1 aromatic rings. The summed E-state index contributed by atoms with van der Waals surface area (Å²) in [5.41, 5.74) is 6.54. The molecule has 0 aromatic heterocycles. The van der Waals surface area contributed by atoms with Crippen LogP contribution in [0.1, 0.15) is 18.4 Å². The van der Waals surface area contributed by atoms with Gasteiger partial charge in [0.25, 0.3) is 0 Å². The van der Waals surface area contributed by atoms with Crippen LogP contribution in [0.2, 0.25) is 0 Å². The second-order valence-corrected chi connectivity index (χ2v) is 4.69. The van der Waals surface area contributed by atoms with Crippen LogP contribution in [0.15, 0.2) is 18.2 Å². The van der Waals surface area contributed by atoms with Gasteiger partial charge in [0.05, 0.1) is 11.8 Å². The first kappa shape index (κ1) is 12.3. The van der Waals surface area contributed by atoms with Gasteiger partial charge in [-0.2, -0.15) is 0 Å². The Morgan fingerprint density at radius 3 is 2.59 bits per heavy atom. The molecule has 0 aliphatic carbocycles. The van der Waals surface area contributed by atoms with Crippen LogP contribution >= 0.6 is 12.2 Å². The minimum Gasteiger partial charge on any atom is -0.393 e. The first-order valence-electron chi connectivity index (χ1n) is 5.60. The molecule has 1 heterocycles. The van der Waals surface area contributed by atoms with Crippen LogP contribution in [-0.2, 0) is 0 Å². The summed E-state index contributed by atoms with van der Waals surface area (Å²) in [6, 6.07) is 4.79. The molecule has 1 saturated heterocycles. The highest BCUT2D eigenvalue weighted by atomic mass is 32.1. The van der Waals surface area contributed by atoms with Gasteiger partial charge in [-0.15, -0.1) is 0 Å². The van der Waals surface area contributed by atoms with Gasteiger partial charge in [-0.3, -0.25) is 0 Å². The number of hydrogen-bond donors (Lipinski definition) is 2. The van der Waals surface area contributed by atoms with Crippen LogP contribution in [-0.4, -0.2) is 29.3 Å². The largest absolute Gasteiger partial charge is 0.393 e. The lowest BCUT2D eigenvalue weighted by atomic mass is 10.1. The molecular weight excluding hydrogens is 239 g/mol. The minimum absolute atomic E-state index is 0.199. The van der Waals surface area contributed by atoms with Gasteiger partial charge in [0.15, 0.2) is 0 Å². The molecule has 1 fully saturated rings. The summed E-state index contributed by atoms with van der Waals surface area (Å²) in [5.74, 6) is -0.313. The van der Waals surface area contributed by atoms with Crippen molar-refractivity contribution in [1.29, 1.82) is 0 Å². The molecule has 3 nitrogen and oxygen atoms in total. The van der Waals surface area contributed by atoms with Gasteiger partial charge in [0, 0.05) is 18.7 Å². The quantitative estimate of drug-likeness (QED) is 0.784. The molecule has 0 radical (unpaired) electrons. The lowest BCUT2D eigenvalue weighted by Crippen LogP contribution is -2.36. The van der Waals surface area contributed by atoms with E-state index in [1.807, 2.05) is 4.90 Å². The van der Waals surface area contributed by atoms with Crippen molar-refractivity contribution in [1.82, 2.24) is 0 Å². The Balaban J connectivity index is 2.19. The summed E-state index contributed by atoms with van der Waals surface area (Å²) < 4.78 is 13.9. The monoisotopic (exact) mass is 254 g/mol. The molecule has 1 aliphatic rings. The summed E-state index contributed by atoms with van der Waals surface area (Å²) in [4.78, 5) is 2.13. The fourth-order valence-corrected chi connectivity index (χ4v) is 2.15. The van der Waals surface area contributed by atoms with E-state index in [1.165, 1.54) is 6.07 Å². The van der Waals surface area contributed by atoms with E-state index in [0.717, 1.165) is 0 Å². The maximum Gasteiger partial charge on any atom is 0.147 e. The number of anilines is 1.